The zero-order valence-corrected chi connectivity index (χ0v) is 14.4. The number of nitrogens with one attached hydrogen (secondary N) is 1. The molecule has 1 rings (SSSR count). The predicted octanol–water partition coefficient (Wildman–Crippen LogP) is 3.98. The molecule has 1 amide bonds. The SMILES string of the molecule is CCCCC1CCC(C(=O)NCCCN(C)CC(F)(F)F)CC1. The topological polar surface area (TPSA) is 32.3 Å². The molecule has 136 valence electrons. The van der Waals surface area contributed by atoms with Crippen molar-refractivity contribution >= 4 is 5.91 Å². The largest absolute Gasteiger partial charge is 0.401 e. The Morgan fingerprint density at radius 1 is 1.17 bits per heavy atom. The fraction of sp³-hybridized carbons (Fsp3) is 0.941. The predicted molar refractivity (Wildman–Crippen MR) is 86.2 cm³/mol. The second kappa shape index (κ2) is 10.2. The highest BCUT2D eigenvalue weighted by Gasteiger charge is 2.29. The zero-order valence-electron chi connectivity index (χ0n) is 14.4. The van der Waals surface area contributed by atoms with E-state index in [-0.39, 0.29) is 11.8 Å². The van der Waals surface area contributed by atoms with Crippen molar-refractivity contribution in [1.82, 2.24) is 10.2 Å². The van der Waals surface area contributed by atoms with Crippen LogP contribution >= 0.6 is 0 Å². The molecule has 23 heavy (non-hydrogen) atoms. The van der Waals surface area contributed by atoms with Gasteiger partial charge in [-0.1, -0.05) is 26.2 Å². The minimum absolute atomic E-state index is 0.0809. The van der Waals surface area contributed by atoms with Crippen LogP contribution in [0.15, 0.2) is 0 Å². The molecule has 0 spiro atoms. The molecule has 0 unspecified atom stereocenters. The van der Waals surface area contributed by atoms with E-state index >= 15 is 0 Å². The second-order valence-corrected chi connectivity index (χ2v) is 6.86. The molecule has 1 saturated carbocycles. The van der Waals surface area contributed by atoms with Crippen LogP contribution in [0.4, 0.5) is 13.2 Å². The first-order valence-electron chi connectivity index (χ1n) is 8.84. The van der Waals surface area contributed by atoms with E-state index in [9.17, 15) is 18.0 Å². The van der Waals surface area contributed by atoms with Crippen molar-refractivity contribution < 1.29 is 18.0 Å². The Morgan fingerprint density at radius 2 is 1.83 bits per heavy atom. The van der Waals surface area contributed by atoms with E-state index in [4.69, 9.17) is 0 Å². The number of alkyl halides is 3. The quantitative estimate of drug-likeness (QED) is 0.646. The molecule has 0 saturated heterocycles. The minimum Gasteiger partial charge on any atom is -0.356 e. The van der Waals surface area contributed by atoms with Crippen LogP contribution in [0.5, 0.6) is 0 Å². The monoisotopic (exact) mass is 336 g/mol. The molecule has 0 aromatic heterocycles. The lowest BCUT2D eigenvalue weighted by Crippen LogP contribution is -2.36. The molecule has 1 fully saturated rings. The van der Waals surface area contributed by atoms with Gasteiger partial charge >= 0.3 is 6.18 Å². The van der Waals surface area contributed by atoms with Crippen molar-refractivity contribution in [3.63, 3.8) is 0 Å². The van der Waals surface area contributed by atoms with Gasteiger partial charge in [0.15, 0.2) is 0 Å². The average molecular weight is 336 g/mol. The normalized spacial score (nSPS) is 22.3. The van der Waals surface area contributed by atoms with Crippen LogP contribution in [-0.4, -0.2) is 43.7 Å². The summed E-state index contributed by atoms with van der Waals surface area (Å²) in [5.74, 6) is 0.952. The molecule has 0 heterocycles. The molecule has 1 aliphatic rings. The summed E-state index contributed by atoms with van der Waals surface area (Å²) in [4.78, 5) is 13.3. The van der Waals surface area contributed by atoms with Crippen LogP contribution in [0, 0.1) is 11.8 Å². The molecule has 0 atom stereocenters. The van der Waals surface area contributed by atoms with Gasteiger partial charge in [-0.2, -0.15) is 13.2 Å². The van der Waals surface area contributed by atoms with Crippen LogP contribution in [0.3, 0.4) is 0 Å². The number of nitrogens with zero attached hydrogens (tertiary/aromatic N) is 1. The van der Waals surface area contributed by atoms with Crippen molar-refractivity contribution in [3.05, 3.63) is 0 Å². The first kappa shape index (κ1) is 20.3. The number of hydrogen-bond donors (Lipinski definition) is 1. The van der Waals surface area contributed by atoms with E-state index in [1.807, 2.05) is 0 Å². The maximum absolute atomic E-state index is 12.2. The van der Waals surface area contributed by atoms with Crippen LogP contribution in [0.2, 0.25) is 0 Å². The molecule has 0 radical (unpaired) electrons. The number of carbonyl (C=O) groups excluding carboxylic acids is 1. The Labute approximate surface area is 138 Å². The standard InChI is InChI=1S/C17H31F3N2O/c1-3-4-6-14-7-9-15(10-8-14)16(23)21-11-5-12-22(2)13-17(18,19)20/h14-15H,3-13H2,1-2H3,(H,21,23). The highest BCUT2D eigenvalue weighted by atomic mass is 19.4. The Hall–Kier alpha value is -0.780. The van der Waals surface area contributed by atoms with E-state index in [0.29, 0.717) is 19.5 Å². The molecule has 0 aliphatic heterocycles. The van der Waals surface area contributed by atoms with Crippen molar-refractivity contribution in [2.24, 2.45) is 11.8 Å². The molecule has 1 aliphatic carbocycles. The summed E-state index contributed by atoms with van der Waals surface area (Å²) in [5.41, 5.74) is 0. The number of carbonyl (C=O) groups is 1. The van der Waals surface area contributed by atoms with Crippen LogP contribution in [-0.2, 0) is 4.79 Å². The first-order chi connectivity index (χ1) is 10.8. The smallest absolute Gasteiger partial charge is 0.356 e. The summed E-state index contributed by atoms with van der Waals surface area (Å²) in [6.45, 7) is 2.09. The number of halogens is 3. The van der Waals surface area contributed by atoms with Crippen LogP contribution < -0.4 is 5.32 Å². The molecule has 0 aromatic carbocycles. The summed E-state index contributed by atoms with van der Waals surface area (Å²) < 4.78 is 36.6. The lowest BCUT2D eigenvalue weighted by molar-refractivity contribution is -0.143. The van der Waals surface area contributed by atoms with Gasteiger partial charge in [0, 0.05) is 12.5 Å². The first-order valence-corrected chi connectivity index (χ1v) is 8.84. The van der Waals surface area contributed by atoms with Crippen molar-refractivity contribution in [2.45, 2.75) is 64.5 Å². The molecule has 1 N–H and O–H groups in total. The van der Waals surface area contributed by atoms with E-state index < -0.39 is 12.7 Å². The summed E-state index contributed by atoms with van der Waals surface area (Å²) >= 11 is 0. The lowest BCUT2D eigenvalue weighted by Gasteiger charge is -2.27. The molecule has 0 bridgehead atoms. The second-order valence-electron chi connectivity index (χ2n) is 6.86. The third kappa shape index (κ3) is 9.18. The van der Waals surface area contributed by atoms with Gasteiger partial charge < -0.3 is 5.32 Å². The fourth-order valence-electron chi connectivity index (χ4n) is 3.30. The van der Waals surface area contributed by atoms with Gasteiger partial charge in [-0.25, -0.2) is 0 Å². The Bertz CT molecular complexity index is 339. The van der Waals surface area contributed by atoms with Crippen molar-refractivity contribution in [2.75, 3.05) is 26.7 Å². The van der Waals surface area contributed by atoms with Gasteiger partial charge in [0.05, 0.1) is 6.54 Å². The third-order valence-electron chi connectivity index (χ3n) is 4.65. The zero-order chi connectivity index (χ0) is 17.3. The molecular weight excluding hydrogens is 305 g/mol. The van der Waals surface area contributed by atoms with Crippen LogP contribution in [0.25, 0.3) is 0 Å². The van der Waals surface area contributed by atoms with Gasteiger partial charge in [0.25, 0.3) is 0 Å². The Balaban J connectivity index is 2.11. The maximum atomic E-state index is 12.2. The highest BCUT2D eigenvalue weighted by molar-refractivity contribution is 5.78. The number of amides is 1. The lowest BCUT2D eigenvalue weighted by atomic mass is 9.79. The molecule has 3 nitrogen and oxygen atoms in total. The molecule has 6 heteroatoms. The summed E-state index contributed by atoms with van der Waals surface area (Å²) in [6, 6.07) is 0. The molecule has 0 aromatic rings. The summed E-state index contributed by atoms with van der Waals surface area (Å²) in [6.07, 6.45) is 4.33. The summed E-state index contributed by atoms with van der Waals surface area (Å²) in [7, 11) is 1.45. The number of unbranched alkanes of at least 4 members (excludes halogenated alkanes) is 1. The molecular formula is C17H31F3N2O. The van der Waals surface area contributed by atoms with Crippen molar-refractivity contribution in [3.8, 4) is 0 Å². The van der Waals surface area contributed by atoms with E-state index in [2.05, 4.69) is 12.2 Å². The number of rotatable bonds is 9. The Kier molecular flexibility index (Phi) is 8.95. The van der Waals surface area contributed by atoms with Gasteiger partial charge in [0.2, 0.25) is 5.91 Å². The van der Waals surface area contributed by atoms with Crippen LogP contribution in [0.1, 0.15) is 58.3 Å². The van der Waals surface area contributed by atoms with Gasteiger partial charge in [-0.3, -0.25) is 9.69 Å². The number of hydrogen-bond acceptors (Lipinski definition) is 2. The van der Waals surface area contributed by atoms with E-state index in [0.717, 1.165) is 31.6 Å². The minimum atomic E-state index is -4.16. The van der Waals surface area contributed by atoms with Gasteiger partial charge in [-0.15, -0.1) is 0 Å². The highest BCUT2D eigenvalue weighted by Crippen LogP contribution is 2.31. The van der Waals surface area contributed by atoms with Crippen molar-refractivity contribution in [1.29, 1.82) is 0 Å². The van der Waals surface area contributed by atoms with Gasteiger partial charge in [0.1, 0.15) is 0 Å². The maximum Gasteiger partial charge on any atom is 0.401 e. The third-order valence-corrected chi connectivity index (χ3v) is 4.65. The fourth-order valence-corrected chi connectivity index (χ4v) is 3.30. The average Bonchev–Trinajstić information content (AvgIpc) is 2.48. The van der Waals surface area contributed by atoms with E-state index in [1.54, 1.807) is 0 Å². The Morgan fingerprint density at radius 3 is 2.39 bits per heavy atom. The van der Waals surface area contributed by atoms with Gasteiger partial charge in [-0.05, 0) is 51.6 Å². The summed E-state index contributed by atoms with van der Waals surface area (Å²) in [5, 5.41) is 2.88. The van der Waals surface area contributed by atoms with E-state index in [1.165, 1.54) is 31.2 Å².